The van der Waals surface area contributed by atoms with Crippen molar-refractivity contribution in [1.29, 1.82) is 0 Å². The summed E-state index contributed by atoms with van der Waals surface area (Å²) in [5, 5.41) is 8.28. The summed E-state index contributed by atoms with van der Waals surface area (Å²) >= 11 is 0. The van der Waals surface area contributed by atoms with Gasteiger partial charge in [0, 0.05) is 0 Å². The summed E-state index contributed by atoms with van der Waals surface area (Å²) in [5.74, 6) is 0.497. The Morgan fingerprint density at radius 1 is 1.16 bits per heavy atom. The molecular weight excluding hydrogens is 314 g/mol. The first-order valence-corrected chi connectivity index (χ1v) is 9.24. The SMILES string of the molecule is Cc1cc2nnn(CC(=O)OC3CCC(C(C)(C)C)CC3)c2cc1C. The van der Waals surface area contributed by atoms with Crippen LogP contribution in [0.1, 0.15) is 57.6 Å². The van der Waals surface area contributed by atoms with Crippen LogP contribution in [0.2, 0.25) is 0 Å². The largest absolute Gasteiger partial charge is 0.461 e. The number of ether oxygens (including phenoxy) is 1. The zero-order valence-electron chi connectivity index (χ0n) is 16.0. The van der Waals surface area contributed by atoms with Gasteiger partial charge in [0.15, 0.2) is 0 Å². The van der Waals surface area contributed by atoms with Crippen LogP contribution in [0, 0.1) is 25.2 Å². The molecule has 3 rings (SSSR count). The molecule has 1 heterocycles. The van der Waals surface area contributed by atoms with E-state index in [1.165, 1.54) is 11.1 Å². The van der Waals surface area contributed by atoms with Gasteiger partial charge in [-0.2, -0.15) is 0 Å². The summed E-state index contributed by atoms with van der Waals surface area (Å²) in [6.45, 7) is 11.1. The fourth-order valence-electron chi connectivity index (χ4n) is 3.73. The van der Waals surface area contributed by atoms with E-state index >= 15 is 0 Å². The molecule has 0 spiro atoms. The van der Waals surface area contributed by atoms with E-state index in [0.717, 1.165) is 36.7 Å². The number of carbonyl (C=O) groups is 1. The van der Waals surface area contributed by atoms with Crippen molar-refractivity contribution in [3.63, 3.8) is 0 Å². The van der Waals surface area contributed by atoms with E-state index in [2.05, 4.69) is 44.9 Å². The van der Waals surface area contributed by atoms with Gasteiger partial charge in [-0.25, -0.2) is 4.68 Å². The lowest BCUT2D eigenvalue weighted by Crippen LogP contribution is -2.31. The standard InChI is InChI=1S/C20H29N3O2/c1-13-10-17-18(11-14(13)2)23(22-21-17)12-19(24)25-16-8-6-15(7-9-16)20(3,4)5/h10-11,15-16H,6-9,12H2,1-5H3. The lowest BCUT2D eigenvalue weighted by molar-refractivity contribution is -0.152. The van der Waals surface area contributed by atoms with Gasteiger partial charge >= 0.3 is 5.97 Å². The quantitative estimate of drug-likeness (QED) is 0.784. The summed E-state index contributed by atoms with van der Waals surface area (Å²) in [5.41, 5.74) is 4.39. The molecule has 5 heteroatoms. The van der Waals surface area contributed by atoms with Crippen LogP contribution in [0.25, 0.3) is 11.0 Å². The smallest absolute Gasteiger partial charge is 0.328 e. The van der Waals surface area contributed by atoms with Gasteiger partial charge in [-0.1, -0.05) is 26.0 Å². The van der Waals surface area contributed by atoms with Crippen molar-refractivity contribution >= 4 is 17.0 Å². The summed E-state index contributed by atoms with van der Waals surface area (Å²) in [4.78, 5) is 12.3. The van der Waals surface area contributed by atoms with Gasteiger partial charge in [-0.05, 0) is 74.1 Å². The second kappa shape index (κ2) is 6.77. The highest BCUT2D eigenvalue weighted by Crippen LogP contribution is 2.38. The van der Waals surface area contributed by atoms with E-state index in [0.29, 0.717) is 11.3 Å². The number of aromatic nitrogens is 3. The third-order valence-electron chi connectivity index (χ3n) is 5.61. The maximum absolute atomic E-state index is 12.3. The van der Waals surface area contributed by atoms with Crippen molar-refractivity contribution in [2.24, 2.45) is 11.3 Å². The molecule has 0 amide bonds. The molecule has 1 aromatic heterocycles. The van der Waals surface area contributed by atoms with Gasteiger partial charge in [0.2, 0.25) is 0 Å². The van der Waals surface area contributed by atoms with Crippen molar-refractivity contribution in [3.05, 3.63) is 23.3 Å². The number of hydrogen-bond acceptors (Lipinski definition) is 4. The maximum atomic E-state index is 12.3. The van der Waals surface area contributed by atoms with E-state index in [4.69, 9.17) is 4.74 Å². The van der Waals surface area contributed by atoms with Gasteiger partial charge in [-0.3, -0.25) is 4.79 Å². The molecule has 136 valence electrons. The third-order valence-corrected chi connectivity index (χ3v) is 5.61. The molecule has 1 saturated carbocycles. The first-order chi connectivity index (χ1) is 11.7. The molecule has 0 unspecified atom stereocenters. The number of hydrogen-bond donors (Lipinski definition) is 0. The third kappa shape index (κ3) is 4.02. The summed E-state index contributed by atoms with van der Waals surface area (Å²) in [6.07, 6.45) is 4.23. The van der Waals surface area contributed by atoms with Crippen LogP contribution >= 0.6 is 0 Å². The summed E-state index contributed by atoms with van der Waals surface area (Å²) in [7, 11) is 0. The van der Waals surface area contributed by atoms with Gasteiger partial charge in [0.1, 0.15) is 18.2 Å². The van der Waals surface area contributed by atoms with E-state index in [-0.39, 0.29) is 18.6 Å². The molecule has 0 saturated heterocycles. The Balaban J connectivity index is 1.60. The Morgan fingerprint density at radius 3 is 2.44 bits per heavy atom. The number of nitrogens with zero attached hydrogens (tertiary/aromatic N) is 3. The van der Waals surface area contributed by atoms with Crippen molar-refractivity contribution in [2.75, 3.05) is 0 Å². The van der Waals surface area contributed by atoms with Gasteiger partial charge in [0.05, 0.1) is 5.52 Å². The molecule has 2 aromatic rings. The fraction of sp³-hybridized carbons (Fsp3) is 0.650. The van der Waals surface area contributed by atoms with Crippen LogP contribution in [0.3, 0.4) is 0 Å². The second-order valence-electron chi connectivity index (χ2n) is 8.50. The number of benzene rings is 1. The Hall–Kier alpha value is -1.91. The van der Waals surface area contributed by atoms with Gasteiger partial charge in [-0.15, -0.1) is 5.10 Å². The fourth-order valence-corrected chi connectivity index (χ4v) is 3.73. The molecule has 25 heavy (non-hydrogen) atoms. The van der Waals surface area contributed by atoms with Crippen LogP contribution in [0.5, 0.6) is 0 Å². The Bertz CT molecular complexity index is 765. The normalized spacial score (nSPS) is 21.5. The zero-order chi connectivity index (χ0) is 18.2. The molecule has 0 N–H and O–H groups in total. The zero-order valence-corrected chi connectivity index (χ0v) is 16.0. The molecule has 5 nitrogen and oxygen atoms in total. The first-order valence-electron chi connectivity index (χ1n) is 9.24. The average molecular weight is 343 g/mol. The van der Waals surface area contributed by atoms with Crippen LogP contribution in [-0.2, 0) is 16.1 Å². The molecule has 1 aliphatic rings. The number of aryl methyl sites for hydroxylation is 2. The van der Waals surface area contributed by atoms with Gasteiger partial charge < -0.3 is 4.74 Å². The van der Waals surface area contributed by atoms with Crippen LogP contribution in [0.15, 0.2) is 12.1 Å². The van der Waals surface area contributed by atoms with E-state index in [1.54, 1.807) is 4.68 Å². The van der Waals surface area contributed by atoms with Crippen LogP contribution in [0.4, 0.5) is 0 Å². The van der Waals surface area contributed by atoms with Crippen molar-refractivity contribution < 1.29 is 9.53 Å². The molecule has 1 aromatic carbocycles. The predicted molar refractivity (Wildman–Crippen MR) is 98.3 cm³/mol. The molecule has 0 aliphatic heterocycles. The number of fused-ring (bicyclic) bond motifs is 1. The highest BCUT2D eigenvalue weighted by molar-refractivity contribution is 5.78. The lowest BCUT2D eigenvalue weighted by Gasteiger charge is -2.36. The van der Waals surface area contributed by atoms with Crippen molar-refractivity contribution in [2.45, 2.75) is 73.0 Å². The minimum Gasteiger partial charge on any atom is -0.461 e. The average Bonchev–Trinajstić information content (AvgIpc) is 2.89. The minimum atomic E-state index is -0.218. The Labute approximate surface area is 149 Å². The molecular formula is C20H29N3O2. The van der Waals surface area contributed by atoms with Crippen LogP contribution in [-0.4, -0.2) is 27.1 Å². The molecule has 0 radical (unpaired) electrons. The minimum absolute atomic E-state index is 0.0462. The van der Waals surface area contributed by atoms with Gasteiger partial charge in [0.25, 0.3) is 0 Å². The van der Waals surface area contributed by atoms with Crippen molar-refractivity contribution in [1.82, 2.24) is 15.0 Å². The lowest BCUT2D eigenvalue weighted by atomic mass is 9.72. The Morgan fingerprint density at radius 2 is 1.80 bits per heavy atom. The van der Waals surface area contributed by atoms with E-state index in [1.807, 2.05) is 12.1 Å². The molecule has 0 atom stereocenters. The number of esters is 1. The van der Waals surface area contributed by atoms with Crippen molar-refractivity contribution in [3.8, 4) is 0 Å². The highest BCUT2D eigenvalue weighted by Gasteiger charge is 2.31. The maximum Gasteiger partial charge on any atom is 0.328 e. The highest BCUT2D eigenvalue weighted by atomic mass is 16.5. The molecule has 1 fully saturated rings. The molecule has 1 aliphatic carbocycles. The Kier molecular flexibility index (Phi) is 4.85. The second-order valence-corrected chi connectivity index (χ2v) is 8.50. The molecule has 0 bridgehead atoms. The van der Waals surface area contributed by atoms with E-state index < -0.39 is 0 Å². The summed E-state index contributed by atoms with van der Waals surface area (Å²) < 4.78 is 7.34. The monoisotopic (exact) mass is 343 g/mol. The predicted octanol–water partition coefficient (Wildman–Crippen LogP) is 4.20. The van der Waals surface area contributed by atoms with E-state index in [9.17, 15) is 4.79 Å². The number of rotatable bonds is 3. The summed E-state index contributed by atoms with van der Waals surface area (Å²) in [6, 6.07) is 4.04. The van der Waals surface area contributed by atoms with Crippen LogP contribution < -0.4 is 0 Å². The first kappa shape index (κ1) is 17.9. The topological polar surface area (TPSA) is 57.0 Å². The number of carbonyl (C=O) groups excluding carboxylic acids is 1.